The van der Waals surface area contributed by atoms with Crippen LogP contribution in [0.4, 0.5) is 5.69 Å². The van der Waals surface area contributed by atoms with E-state index < -0.39 is 10.0 Å². The lowest BCUT2D eigenvalue weighted by molar-refractivity contribution is 0.601. The van der Waals surface area contributed by atoms with Crippen LogP contribution in [0.1, 0.15) is 0 Å². The van der Waals surface area contributed by atoms with Crippen molar-refractivity contribution in [1.82, 2.24) is 4.98 Å². The van der Waals surface area contributed by atoms with E-state index in [9.17, 15) is 8.42 Å². The van der Waals surface area contributed by atoms with Crippen LogP contribution in [-0.2, 0) is 10.0 Å². The van der Waals surface area contributed by atoms with Crippen molar-refractivity contribution in [3.8, 4) is 11.1 Å². The second-order valence-electron chi connectivity index (χ2n) is 4.81. The summed E-state index contributed by atoms with van der Waals surface area (Å²) in [6.45, 7) is 0. The molecule has 4 rings (SSSR count). The molecular formula is C15H9ClN2O2S. The first-order valence-electron chi connectivity index (χ1n) is 6.27. The van der Waals surface area contributed by atoms with Crippen molar-refractivity contribution in [3.63, 3.8) is 0 Å². The van der Waals surface area contributed by atoms with Crippen molar-refractivity contribution < 1.29 is 8.42 Å². The first kappa shape index (κ1) is 12.6. The normalized spacial score (nSPS) is 15.1. The summed E-state index contributed by atoms with van der Waals surface area (Å²) in [6, 6.07) is 12.4. The molecule has 6 heteroatoms. The molecular weight excluding hydrogens is 308 g/mol. The number of pyridine rings is 1. The van der Waals surface area contributed by atoms with Crippen LogP contribution in [0.3, 0.4) is 0 Å². The quantitative estimate of drug-likeness (QED) is 0.688. The highest BCUT2D eigenvalue weighted by atomic mass is 35.5. The number of anilines is 1. The van der Waals surface area contributed by atoms with E-state index >= 15 is 0 Å². The van der Waals surface area contributed by atoms with Crippen LogP contribution in [0.2, 0.25) is 5.02 Å². The highest BCUT2D eigenvalue weighted by molar-refractivity contribution is 7.93. The molecule has 0 spiro atoms. The molecule has 0 bridgehead atoms. The number of hydrogen-bond acceptors (Lipinski definition) is 3. The van der Waals surface area contributed by atoms with Crippen LogP contribution in [0.15, 0.2) is 53.6 Å². The smallest absolute Gasteiger partial charge is 0.262 e. The molecule has 0 aliphatic carbocycles. The Morgan fingerprint density at radius 2 is 1.86 bits per heavy atom. The molecule has 1 aromatic heterocycles. The van der Waals surface area contributed by atoms with Crippen LogP contribution in [0.25, 0.3) is 22.0 Å². The van der Waals surface area contributed by atoms with Crippen LogP contribution in [-0.4, -0.2) is 13.4 Å². The summed E-state index contributed by atoms with van der Waals surface area (Å²) in [4.78, 5) is 4.49. The number of aromatic nitrogens is 1. The first-order valence-corrected chi connectivity index (χ1v) is 8.13. The largest absolute Gasteiger partial charge is 0.277 e. The average molecular weight is 317 g/mol. The molecule has 0 atom stereocenters. The second-order valence-corrected chi connectivity index (χ2v) is 6.90. The van der Waals surface area contributed by atoms with E-state index in [1.165, 1.54) is 6.07 Å². The number of hydrogen-bond donors (Lipinski definition) is 1. The summed E-state index contributed by atoms with van der Waals surface area (Å²) in [6.07, 6.45) is 1.65. The van der Waals surface area contributed by atoms with E-state index in [4.69, 9.17) is 11.6 Å². The van der Waals surface area contributed by atoms with Gasteiger partial charge in [-0.25, -0.2) is 8.42 Å². The third kappa shape index (κ3) is 1.81. The van der Waals surface area contributed by atoms with Crippen molar-refractivity contribution in [2.24, 2.45) is 0 Å². The Morgan fingerprint density at radius 1 is 1.05 bits per heavy atom. The number of nitrogens with zero attached hydrogens (tertiary/aromatic N) is 1. The van der Waals surface area contributed by atoms with E-state index in [2.05, 4.69) is 9.71 Å². The zero-order chi connectivity index (χ0) is 14.6. The molecule has 1 aliphatic rings. The van der Waals surface area contributed by atoms with Crippen molar-refractivity contribution in [1.29, 1.82) is 0 Å². The molecule has 0 fully saturated rings. The van der Waals surface area contributed by atoms with Gasteiger partial charge >= 0.3 is 0 Å². The molecule has 1 aliphatic heterocycles. The fraction of sp³-hybridized carbons (Fsp3) is 0. The van der Waals surface area contributed by atoms with Gasteiger partial charge in [0.25, 0.3) is 10.0 Å². The summed E-state index contributed by atoms with van der Waals surface area (Å²) in [5.41, 5.74) is 2.60. The van der Waals surface area contributed by atoms with Crippen molar-refractivity contribution in [3.05, 3.63) is 53.7 Å². The van der Waals surface area contributed by atoms with Gasteiger partial charge in [0.2, 0.25) is 0 Å². The Bertz CT molecular complexity index is 1000. The third-order valence-corrected chi connectivity index (χ3v) is 5.16. The minimum absolute atomic E-state index is 0.192. The topological polar surface area (TPSA) is 59.1 Å². The Morgan fingerprint density at radius 3 is 2.71 bits per heavy atom. The minimum Gasteiger partial charge on any atom is -0.277 e. The number of nitrogens with one attached hydrogen (secondary N) is 1. The van der Waals surface area contributed by atoms with Crippen molar-refractivity contribution >= 4 is 38.2 Å². The van der Waals surface area contributed by atoms with Gasteiger partial charge in [0.05, 0.1) is 16.1 Å². The van der Waals surface area contributed by atoms with Crippen molar-refractivity contribution in [2.75, 3.05) is 4.72 Å². The lowest BCUT2D eigenvalue weighted by Gasteiger charge is -2.22. The van der Waals surface area contributed by atoms with E-state index in [0.29, 0.717) is 21.8 Å². The summed E-state index contributed by atoms with van der Waals surface area (Å²) in [5.74, 6) is 0. The number of sulfonamides is 1. The highest BCUT2D eigenvalue weighted by Gasteiger charge is 2.29. The van der Waals surface area contributed by atoms with Gasteiger partial charge in [-0.15, -0.1) is 0 Å². The zero-order valence-electron chi connectivity index (χ0n) is 10.7. The molecule has 0 saturated carbocycles. The molecule has 0 unspecified atom stereocenters. The van der Waals surface area contributed by atoms with Gasteiger partial charge in [-0.3, -0.25) is 9.71 Å². The molecule has 2 aromatic carbocycles. The second kappa shape index (κ2) is 4.19. The Labute approximate surface area is 126 Å². The standard InChI is InChI=1S/C15H9ClN2O2S/c16-10-4-6-11-12-5-3-9-2-1-7-17-14(9)15(12)18-21(19,20)13(11)8-10/h1-8,18H. The summed E-state index contributed by atoms with van der Waals surface area (Å²) in [5, 5.41) is 1.28. The van der Waals surface area contributed by atoms with Gasteiger partial charge in [0.1, 0.15) is 0 Å². The van der Waals surface area contributed by atoms with Gasteiger partial charge in [-0.05, 0) is 18.2 Å². The molecule has 0 amide bonds. The fourth-order valence-electron chi connectivity index (χ4n) is 2.60. The average Bonchev–Trinajstić information content (AvgIpc) is 2.47. The monoisotopic (exact) mass is 316 g/mol. The lowest BCUT2D eigenvalue weighted by Crippen LogP contribution is -2.19. The van der Waals surface area contributed by atoms with E-state index in [0.717, 1.165) is 10.9 Å². The van der Waals surface area contributed by atoms with Crippen LogP contribution in [0, 0.1) is 0 Å². The SMILES string of the molecule is O=S1(=O)Nc2c(ccc3cccnc23)-c2ccc(Cl)cc21. The van der Waals surface area contributed by atoms with Crippen LogP contribution in [0.5, 0.6) is 0 Å². The van der Waals surface area contributed by atoms with Crippen LogP contribution < -0.4 is 4.72 Å². The van der Waals surface area contributed by atoms with E-state index in [1.54, 1.807) is 18.3 Å². The molecule has 2 heterocycles. The van der Waals surface area contributed by atoms with Gasteiger partial charge < -0.3 is 0 Å². The predicted octanol–water partition coefficient (Wildman–Crippen LogP) is 3.67. The maximum absolute atomic E-state index is 12.4. The molecule has 0 radical (unpaired) electrons. The maximum atomic E-state index is 12.4. The third-order valence-electron chi connectivity index (χ3n) is 3.53. The fourth-order valence-corrected chi connectivity index (χ4v) is 4.17. The minimum atomic E-state index is -3.64. The predicted molar refractivity (Wildman–Crippen MR) is 83.0 cm³/mol. The Balaban J connectivity index is 2.16. The first-order chi connectivity index (χ1) is 10.1. The summed E-state index contributed by atoms with van der Waals surface area (Å²) < 4.78 is 27.5. The lowest BCUT2D eigenvalue weighted by atomic mass is 10.0. The highest BCUT2D eigenvalue weighted by Crippen LogP contribution is 2.42. The zero-order valence-corrected chi connectivity index (χ0v) is 12.2. The maximum Gasteiger partial charge on any atom is 0.262 e. The Kier molecular flexibility index (Phi) is 2.52. The molecule has 104 valence electrons. The molecule has 0 saturated heterocycles. The summed E-state index contributed by atoms with van der Waals surface area (Å²) in [7, 11) is -3.64. The van der Waals surface area contributed by atoms with E-state index in [-0.39, 0.29) is 4.90 Å². The van der Waals surface area contributed by atoms with E-state index in [1.807, 2.05) is 24.3 Å². The van der Waals surface area contributed by atoms with Gasteiger partial charge in [-0.2, -0.15) is 0 Å². The number of rotatable bonds is 0. The summed E-state index contributed by atoms with van der Waals surface area (Å²) >= 11 is 5.92. The number of fused-ring (bicyclic) bond motifs is 5. The number of halogens is 1. The molecule has 21 heavy (non-hydrogen) atoms. The van der Waals surface area contributed by atoms with Crippen molar-refractivity contribution in [2.45, 2.75) is 4.90 Å². The molecule has 1 N–H and O–H groups in total. The van der Waals surface area contributed by atoms with Gasteiger partial charge in [0.15, 0.2) is 0 Å². The Hall–Kier alpha value is -2.11. The molecule has 3 aromatic rings. The number of benzene rings is 2. The van der Waals surface area contributed by atoms with Gasteiger partial charge in [0, 0.05) is 27.7 Å². The van der Waals surface area contributed by atoms with Crippen LogP contribution >= 0.6 is 11.6 Å². The van der Waals surface area contributed by atoms with Gasteiger partial charge in [-0.1, -0.05) is 35.9 Å². The molecule has 4 nitrogen and oxygen atoms in total.